The van der Waals surface area contributed by atoms with E-state index in [1.165, 1.54) is 18.2 Å². The van der Waals surface area contributed by atoms with Gasteiger partial charge in [-0.3, -0.25) is 4.68 Å². The highest BCUT2D eigenvalue weighted by Gasteiger charge is 2.17. The Morgan fingerprint density at radius 2 is 2.15 bits per heavy atom. The highest BCUT2D eigenvalue weighted by atomic mass is 35.7. The first-order valence-electron chi connectivity index (χ1n) is 5.78. The van der Waals surface area contributed by atoms with Crippen molar-refractivity contribution >= 4 is 31.3 Å². The summed E-state index contributed by atoms with van der Waals surface area (Å²) in [4.78, 5) is -0.144. The third-order valence-electron chi connectivity index (χ3n) is 2.57. The Kier molecular flexibility index (Phi) is 4.57. The normalized spacial score (nSPS) is 11.6. The molecule has 0 fully saturated rings. The van der Waals surface area contributed by atoms with Crippen molar-refractivity contribution in [3.8, 4) is 5.75 Å². The summed E-state index contributed by atoms with van der Waals surface area (Å²) in [6.45, 7) is 2.91. The summed E-state index contributed by atoms with van der Waals surface area (Å²) in [5.74, 6) is 0.161. The fourth-order valence-electron chi connectivity index (χ4n) is 1.61. The number of benzene rings is 1. The quantitative estimate of drug-likeness (QED) is 0.788. The van der Waals surface area contributed by atoms with Gasteiger partial charge in [-0.25, -0.2) is 8.42 Å². The minimum atomic E-state index is -3.92. The van der Waals surface area contributed by atoms with Crippen LogP contribution >= 0.6 is 22.3 Å². The molecule has 0 saturated heterocycles. The van der Waals surface area contributed by atoms with E-state index >= 15 is 0 Å². The lowest BCUT2D eigenvalue weighted by Crippen LogP contribution is -2.00. The Labute approximate surface area is 126 Å². The Morgan fingerprint density at radius 1 is 1.40 bits per heavy atom. The lowest BCUT2D eigenvalue weighted by molar-refractivity contribution is 0.298. The molecule has 0 bridgehead atoms. The topological polar surface area (TPSA) is 61.2 Å². The average molecular weight is 335 g/mol. The van der Waals surface area contributed by atoms with Crippen molar-refractivity contribution in [2.24, 2.45) is 0 Å². The van der Waals surface area contributed by atoms with E-state index < -0.39 is 9.05 Å². The molecule has 2 rings (SSSR count). The lowest BCUT2D eigenvalue weighted by atomic mass is 10.3. The van der Waals surface area contributed by atoms with Crippen molar-refractivity contribution in [3.63, 3.8) is 0 Å². The summed E-state index contributed by atoms with van der Waals surface area (Å²) in [6, 6.07) is 4.27. The van der Waals surface area contributed by atoms with Crippen molar-refractivity contribution in [1.82, 2.24) is 9.78 Å². The SMILES string of the molecule is CCn1cc(COc2ccc(Cl)cc2S(=O)(=O)Cl)cn1. The third-order valence-corrected chi connectivity index (χ3v) is 4.15. The van der Waals surface area contributed by atoms with Gasteiger partial charge in [-0.1, -0.05) is 11.6 Å². The molecule has 2 aromatic rings. The molecule has 0 amide bonds. The molecular formula is C12H12Cl2N2O3S. The van der Waals surface area contributed by atoms with Gasteiger partial charge in [0.2, 0.25) is 0 Å². The molecule has 0 atom stereocenters. The summed E-state index contributed by atoms with van der Waals surface area (Å²) in [6.07, 6.45) is 3.49. The highest BCUT2D eigenvalue weighted by Crippen LogP contribution is 2.30. The standard InChI is InChI=1S/C12H12Cl2N2O3S/c1-2-16-7-9(6-15-16)8-19-11-4-3-10(13)5-12(11)20(14,17)18/h3-7H,2,8H2,1H3. The van der Waals surface area contributed by atoms with Crippen LogP contribution in [0.4, 0.5) is 0 Å². The number of halogens is 2. The summed E-state index contributed by atoms with van der Waals surface area (Å²) in [5, 5.41) is 4.38. The van der Waals surface area contributed by atoms with Gasteiger partial charge < -0.3 is 4.74 Å². The molecule has 1 aromatic carbocycles. The summed E-state index contributed by atoms with van der Waals surface area (Å²) in [7, 11) is 1.44. The number of ether oxygens (including phenoxy) is 1. The van der Waals surface area contributed by atoms with Crippen LogP contribution in [-0.4, -0.2) is 18.2 Å². The highest BCUT2D eigenvalue weighted by molar-refractivity contribution is 8.13. The zero-order chi connectivity index (χ0) is 14.8. The van der Waals surface area contributed by atoms with Gasteiger partial charge in [-0.15, -0.1) is 0 Å². The monoisotopic (exact) mass is 334 g/mol. The van der Waals surface area contributed by atoms with Gasteiger partial charge in [0.1, 0.15) is 17.3 Å². The Bertz CT molecular complexity index is 713. The molecule has 108 valence electrons. The summed E-state index contributed by atoms with van der Waals surface area (Å²) >= 11 is 5.77. The van der Waals surface area contributed by atoms with Crippen LogP contribution in [0.1, 0.15) is 12.5 Å². The predicted octanol–water partition coefficient (Wildman–Crippen LogP) is 3.06. The van der Waals surface area contributed by atoms with Crippen LogP contribution < -0.4 is 4.74 Å². The second-order valence-electron chi connectivity index (χ2n) is 4.02. The Hall–Kier alpha value is -1.24. The van der Waals surface area contributed by atoms with Crippen LogP contribution in [-0.2, 0) is 22.2 Å². The van der Waals surface area contributed by atoms with Crippen molar-refractivity contribution in [2.45, 2.75) is 25.0 Å². The zero-order valence-electron chi connectivity index (χ0n) is 10.6. The maximum Gasteiger partial charge on any atom is 0.265 e. The van der Waals surface area contributed by atoms with E-state index in [1.54, 1.807) is 10.9 Å². The average Bonchev–Trinajstić information content (AvgIpc) is 2.84. The van der Waals surface area contributed by atoms with E-state index in [2.05, 4.69) is 5.10 Å². The smallest absolute Gasteiger partial charge is 0.265 e. The molecule has 1 aromatic heterocycles. The predicted molar refractivity (Wildman–Crippen MR) is 76.7 cm³/mol. The molecule has 8 heteroatoms. The van der Waals surface area contributed by atoms with Crippen molar-refractivity contribution in [1.29, 1.82) is 0 Å². The van der Waals surface area contributed by atoms with Gasteiger partial charge in [-0.05, 0) is 25.1 Å². The largest absolute Gasteiger partial charge is 0.487 e. The maximum absolute atomic E-state index is 11.5. The number of rotatable bonds is 5. The summed E-state index contributed by atoms with van der Waals surface area (Å²) < 4.78 is 30.2. The fourth-order valence-corrected chi connectivity index (χ4v) is 2.84. The number of aryl methyl sites for hydroxylation is 1. The molecule has 0 aliphatic carbocycles. The van der Waals surface area contributed by atoms with Crippen molar-refractivity contribution in [2.75, 3.05) is 0 Å². The Morgan fingerprint density at radius 3 is 2.75 bits per heavy atom. The molecule has 0 saturated carbocycles. The van der Waals surface area contributed by atoms with Crippen molar-refractivity contribution < 1.29 is 13.2 Å². The first-order chi connectivity index (χ1) is 9.40. The van der Waals surface area contributed by atoms with Crippen LogP contribution in [0.2, 0.25) is 5.02 Å². The minimum absolute atomic E-state index is 0.144. The fraction of sp³-hybridized carbons (Fsp3) is 0.250. The van der Waals surface area contributed by atoms with Crippen LogP contribution in [0.3, 0.4) is 0 Å². The van der Waals surface area contributed by atoms with Crippen LogP contribution in [0.15, 0.2) is 35.5 Å². The van der Waals surface area contributed by atoms with E-state index in [-0.39, 0.29) is 22.3 Å². The minimum Gasteiger partial charge on any atom is -0.487 e. The molecule has 0 aliphatic heterocycles. The van der Waals surface area contributed by atoms with Gasteiger partial charge >= 0.3 is 0 Å². The molecule has 5 nitrogen and oxygen atoms in total. The zero-order valence-corrected chi connectivity index (χ0v) is 12.9. The molecule has 0 aliphatic rings. The van der Waals surface area contributed by atoms with E-state index in [9.17, 15) is 8.42 Å². The molecule has 0 spiro atoms. The van der Waals surface area contributed by atoms with Crippen molar-refractivity contribution in [3.05, 3.63) is 41.2 Å². The van der Waals surface area contributed by atoms with E-state index in [0.717, 1.165) is 12.1 Å². The molecule has 0 unspecified atom stereocenters. The number of hydrogen-bond donors (Lipinski definition) is 0. The second-order valence-corrected chi connectivity index (χ2v) is 6.99. The molecule has 1 heterocycles. The van der Waals surface area contributed by atoms with Crippen LogP contribution in [0.25, 0.3) is 0 Å². The van der Waals surface area contributed by atoms with Gasteiger partial charge in [0.05, 0.1) is 6.20 Å². The van der Waals surface area contributed by atoms with E-state index in [0.29, 0.717) is 0 Å². The molecule has 20 heavy (non-hydrogen) atoms. The van der Waals surface area contributed by atoms with E-state index in [4.69, 9.17) is 27.0 Å². The number of aromatic nitrogens is 2. The first-order valence-corrected chi connectivity index (χ1v) is 8.47. The molecular weight excluding hydrogens is 323 g/mol. The van der Waals surface area contributed by atoms with Crippen LogP contribution in [0, 0.1) is 0 Å². The third kappa shape index (κ3) is 3.65. The number of nitrogens with zero attached hydrogens (tertiary/aromatic N) is 2. The van der Waals surface area contributed by atoms with Gasteiger partial charge in [0, 0.05) is 34.0 Å². The maximum atomic E-state index is 11.5. The van der Waals surface area contributed by atoms with Gasteiger partial charge in [0.15, 0.2) is 0 Å². The van der Waals surface area contributed by atoms with Crippen LogP contribution in [0.5, 0.6) is 5.75 Å². The molecule has 0 N–H and O–H groups in total. The lowest BCUT2D eigenvalue weighted by Gasteiger charge is -2.09. The summed E-state index contributed by atoms with van der Waals surface area (Å²) in [5.41, 5.74) is 0.833. The first kappa shape index (κ1) is 15.2. The Balaban J connectivity index is 2.21. The molecule has 0 radical (unpaired) electrons. The second kappa shape index (κ2) is 6.03. The van der Waals surface area contributed by atoms with Gasteiger partial charge in [-0.2, -0.15) is 5.10 Å². The number of hydrogen-bond acceptors (Lipinski definition) is 4. The van der Waals surface area contributed by atoms with Gasteiger partial charge in [0.25, 0.3) is 9.05 Å². The van der Waals surface area contributed by atoms with E-state index in [1.807, 2.05) is 13.1 Å².